The van der Waals surface area contributed by atoms with Crippen LogP contribution in [0.2, 0.25) is 0 Å². The summed E-state index contributed by atoms with van der Waals surface area (Å²) in [5, 5.41) is 20.1. The third-order valence-electron chi connectivity index (χ3n) is 7.03. The monoisotopic (exact) mass is 550 g/mol. The zero-order chi connectivity index (χ0) is 28.5. The van der Waals surface area contributed by atoms with Crippen LogP contribution in [0.1, 0.15) is 63.9 Å². The predicted octanol–water partition coefficient (Wildman–Crippen LogP) is 11.4. The summed E-state index contributed by atoms with van der Waals surface area (Å²) in [6.07, 6.45) is 10.7. The molecule has 0 saturated heterocycles. The predicted molar refractivity (Wildman–Crippen MR) is 169 cm³/mol. The lowest BCUT2D eigenvalue weighted by Crippen LogP contribution is -1.97. The third kappa shape index (κ3) is 9.90. The molecule has 0 radical (unpaired) electrons. The van der Waals surface area contributed by atoms with Crippen LogP contribution in [0.15, 0.2) is 105 Å². The lowest BCUT2D eigenvalue weighted by molar-refractivity contribution is 0.191. The molecule has 0 spiro atoms. The van der Waals surface area contributed by atoms with E-state index in [2.05, 4.69) is 39.5 Å². The molecule has 41 heavy (non-hydrogen) atoms. The van der Waals surface area contributed by atoms with Crippen LogP contribution in [0.3, 0.4) is 0 Å². The molecule has 6 nitrogen and oxygen atoms in total. The van der Waals surface area contributed by atoms with E-state index in [0.29, 0.717) is 6.61 Å². The second-order valence-corrected chi connectivity index (χ2v) is 10.3. The van der Waals surface area contributed by atoms with E-state index in [1.807, 2.05) is 72.8 Å². The van der Waals surface area contributed by atoms with Crippen molar-refractivity contribution in [2.45, 2.75) is 64.7 Å². The molecule has 0 saturated carbocycles. The number of benzene rings is 4. The minimum atomic E-state index is 0.716. The number of rotatable bonds is 17. The van der Waals surface area contributed by atoms with Gasteiger partial charge in [-0.05, 0) is 86.2 Å². The van der Waals surface area contributed by atoms with Crippen molar-refractivity contribution in [3.05, 3.63) is 90.5 Å². The third-order valence-corrected chi connectivity index (χ3v) is 7.03. The molecule has 4 aromatic carbocycles. The first-order chi connectivity index (χ1) is 20.3. The summed E-state index contributed by atoms with van der Waals surface area (Å²) in [7, 11) is 1.75. The van der Waals surface area contributed by atoms with Crippen molar-refractivity contribution >= 4 is 33.5 Å². The van der Waals surface area contributed by atoms with Crippen molar-refractivity contribution in [1.29, 1.82) is 0 Å². The van der Waals surface area contributed by atoms with Gasteiger partial charge in [-0.3, -0.25) is 0 Å². The molecule has 0 N–H and O–H groups in total. The summed E-state index contributed by atoms with van der Waals surface area (Å²) >= 11 is 0. The van der Waals surface area contributed by atoms with Crippen molar-refractivity contribution in [3.8, 4) is 5.75 Å². The Morgan fingerprint density at radius 2 is 1.10 bits per heavy atom. The Morgan fingerprint density at radius 1 is 0.537 bits per heavy atom. The van der Waals surface area contributed by atoms with E-state index in [1.54, 1.807) is 7.11 Å². The van der Waals surface area contributed by atoms with E-state index in [-0.39, 0.29) is 0 Å². The second kappa shape index (κ2) is 17.0. The Morgan fingerprint density at radius 3 is 1.68 bits per heavy atom. The second-order valence-electron chi connectivity index (χ2n) is 10.3. The lowest BCUT2D eigenvalue weighted by atomic mass is 10.1. The highest BCUT2D eigenvalue weighted by atomic mass is 16.5. The number of methoxy groups -OCH3 is 1. The molecule has 4 rings (SSSR count). The zero-order valence-electron chi connectivity index (χ0n) is 24.5. The molecule has 0 unspecified atom stereocenters. The number of unbranched alkanes of at least 4 members (excludes halogenated alkanes) is 6. The van der Waals surface area contributed by atoms with E-state index in [9.17, 15) is 0 Å². The van der Waals surface area contributed by atoms with Crippen molar-refractivity contribution in [1.82, 2.24) is 0 Å². The molecule has 4 aromatic rings. The number of ether oxygens (including phenoxy) is 2. The van der Waals surface area contributed by atoms with Gasteiger partial charge in [-0.15, -0.1) is 10.2 Å². The van der Waals surface area contributed by atoms with Crippen LogP contribution in [0.5, 0.6) is 5.75 Å². The fourth-order valence-corrected chi connectivity index (χ4v) is 4.65. The van der Waals surface area contributed by atoms with Gasteiger partial charge in [0, 0.05) is 24.5 Å². The Bertz CT molecular complexity index is 1380. The molecular weight excluding hydrogens is 508 g/mol. The molecule has 0 atom stereocenters. The molecule has 6 heteroatoms. The van der Waals surface area contributed by atoms with Gasteiger partial charge in [0.25, 0.3) is 0 Å². The molecule has 214 valence electrons. The maximum atomic E-state index is 5.86. The van der Waals surface area contributed by atoms with Crippen LogP contribution >= 0.6 is 0 Å². The van der Waals surface area contributed by atoms with Crippen LogP contribution in [-0.2, 0) is 11.2 Å². The summed E-state index contributed by atoms with van der Waals surface area (Å²) in [5.41, 5.74) is 4.58. The lowest BCUT2D eigenvalue weighted by Gasteiger charge is -2.06. The highest BCUT2D eigenvalue weighted by Gasteiger charge is 2.06. The van der Waals surface area contributed by atoms with Crippen LogP contribution in [0, 0.1) is 0 Å². The number of hydrogen-bond acceptors (Lipinski definition) is 6. The van der Waals surface area contributed by atoms with Gasteiger partial charge < -0.3 is 9.47 Å². The molecule has 0 amide bonds. The number of nitrogens with zero attached hydrogens (tertiary/aromatic N) is 4. The molecule has 0 aliphatic carbocycles. The normalized spacial score (nSPS) is 11.7. The first kappa shape index (κ1) is 30.1. The summed E-state index contributed by atoms with van der Waals surface area (Å²) in [6.45, 7) is 3.79. The van der Waals surface area contributed by atoms with Gasteiger partial charge >= 0.3 is 0 Å². The quantitative estimate of drug-likeness (QED) is 0.0969. The first-order valence-corrected chi connectivity index (χ1v) is 14.9. The van der Waals surface area contributed by atoms with Crippen LogP contribution in [0.4, 0.5) is 22.7 Å². The van der Waals surface area contributed by atoms with Crippen molar-refractivity contribution in [2.24, 2.45) is 20.5 Å². The summed E-state index contributed by atoms with van der Waals surface area (Å²) in [6, 6.07) is 28.2. The Balaban J connectivity index is 1.35. The van der Waals surface area contributed by atoms with E-state index in [1.165, 1.54) is 37.7 Å². The van der Waals surface area contributed by atoms with Crippen molar-refractivity contribution < 1.29 is 9.47 Å². The standard InChI is InChI=1S/C35H42N4O2/c1-3-4-5-8-13-28-16-18-29(19-17-28)36-38-34-24-25-35(33-15-10-9-14-32(33)34)39-37-30-20-22-31(23-21-30)41-27-12-7-6-11-26-40-2/h9-10,14-25H,3-8,11-13,26-27H2,1-2H3. The molecule has 0 aromatic heterocycles. The van der Waals surface area contributed by atoms with Gasteiger partial charge in [-0.25, -0.2) is 0 Å². The first-order valence-electron chi connectivity index (χ1n) is 14.9. The largest absolute Gasteiger partial charge is 0.494 e. The minimum absolute atomic E-state index is 0.716. The fourth-order valence-electron chi connectivity index (χ4n) is 4.65. The van der Waals surface area contributed by atoms with Gasteiger partial charge in [0.2, 0.25) is 0 Å². The van der Waals surface area contributed by atoms with Gasteiger partial charge in [-0.1, -0.05) is 69.0 Å². The smallest absolute Gasteiger partial charge is 0.119 e. The van der Waals surface area contributed by atoms with E-state index in [0.717, 1.165) is 71.6 Å². The van der Waals surface area contributed by atoms with Crippen LogP contribution in [0.25, 0.3) is 10.8 Å². The highest BCUT2D eigenvalue weighted by Crippen LogP contribution is 2.35. The van der Waals surface area contributed by atoms with E-state index < -0.39 is 0 Å². The molecule has 0 fully saturated rings. The summed E-state index contributed by atoms with van der Waals surface area (Å²) in [5.74, 6) is 0.850. The number of aryl methyl sites for hydroxylation is 1. The molecular formula is C35H42N4O2. The summed E-state index contributed by atoms with van der Waals surface area (Å²) < 4.78 is 11.0. The average Bonchev–Trinajstić information content (AvgIpc) is 3.02. The number of fused-ring (bicyclic) bond motifs is 1. The van der Waals surface area contributed by atoms with Crippen molar-refractivity contribution in [2.75, 3.05) is 20.3 Å². The highest BCUT2D eigenvalue weighted by molar-refractivity contribution is 5.99. The number of azo groups is 2. The van der Waals surface area contributed by atoms with E-state index >= 15 is 0 Å². The molecule has 0 aliphatic rings. The van der Waals surface area contributed by atoms with Crippen molar-refractivity contribution in [3.63, 3.8) is 0 Å². The average molecular weight is 551 g/mol. The topological polar surface area (TPSA) is 67.9 Å². The van der Waals surface area contributed by atoms with Crippen LogP contribution < -0.4 is 4.74 Å². The SMILES string of the molecule is CCCCCCc1ccc(N=Nc2ccc(N=Nc3ccc(OCCCCCCOC)cc3)c3ccccc23)cc1. The maximum Gasteiger partial charge on any atom is 0.119 e. The van der Waals surface area contributed by atoms with Gasteiger partial charge in [0.1, 0.15) is 5.75 Å². The Kier molecular flexibility index (Phi) is 12.5. The molecule has 0 aliphatic heterocycles. The Labute approximate surface area is 244 Å². The van der Waals surface area contributed by atoms with Gasteiger partial charge in [0.15, 0.2) is 0 Å². The molecule has 0 bridgehead atoms. The van der Waals surface area contributed by atoms with Gasteiger partial charge in [0.05, 0.1) is 29.4 Å². The Hall–Kier alpha value is -3.90. The zero-order valence-corrected chi connectivity index (χ0v) is 24.5. The number of hydrogen-bond donors (Lipinski definition) is 0. The van der Waals surface area contributed by atoms with Crippen LogP contribution in [-0.4, -0.2) is 20.3 Å². The minimum Gasteiger partial charge on any atom is -0.494 e. The maximum absolute atomic E-state index is 5.86. The van der Waals surface area contributed by atoms with Gasteiger partial charge in [-0.2, -0.15) is 10.2 Å². The fraction of sp³-hybridized carbons (Fsp3) is 0.371. The van der Waals surface area contributed by atoms with E-state index in [4.69, 9.17) is 9.47 Å². The molecule has 0 heterocycles. The summed E-state index contributed by atoms with van der Waals surface area (Å²) in [4.78, 5) is 0.